The molecular formula is C19H19N3O. The Morgan fingerprint density at radius 1 is 1.39 bits per heavy atom. The summed E-state index contributed by atoms with van der Waals surface area (Å²) in [6, 6.07) is 9.94. The summed E-state index contributed by atoms with van der Waals surface area (Å²) in [5, 5.41) is 14.1. The maximum absolute atomic E-state index is 12.2. The molecule has 1 amide bonds. The van der Waals surface area contributed by atoms with Crippen LogP contribution in [0.15, 0.2) is 24.3 Å². The number of piperidine rings is 1. The van der Waals surface area contributed by atoms with Crippen molar-refractivity contribution in [2.45, 2.75) is 26.3 Å². The van der Waals surface area contributed by atoms with E-state index in [2.05, 4.69) is 29.3 Å². The molecule has 2 aliphatic rings. The molecule has 4 heteroatoms. The number of carbonyl (C=O) groups excluding carboxylic acids is 1. The van der Waals surface area contributed by atoms with Crippen LogP contribution in [0.5, 0.6) is 0 Å². The van der Waals surface area contributed by atoms with E-state index in [0.29, 0.717) is 11.1 Å². The van der Waals surface area contributed by atoms with E-state index in [4.69, 9.17) is 0 Å². The van der Waals surface area contributed by atoms with Crippen LogP contribution in [0.25, 0.3) is 10.8 Å². The second-order valence-electron chi connectivity index (χ2n) is 6.78. The first-order chi connectivity index (χ1) is 11.2. The number of hydrogen-bond acceptors (Lipinski definition) is 3. The fourth-order valence-electron chi connectivity index (χ4n) is 3.89. The molecule has 0 spiro atoms. The van der Waals surface area contributed by atoms with Crippen LogP contribution in [0.2, 0.25) is 0 Å². The van der Waals surface area contributed by atoms with Gasteiger partial charge in [0.05, 0.1) is 11.6 Å². The van der Waals surface area contributed by atoms with Gasteiger partial charge in [-0.15, -0.1) is 0 Å². The van der Waals surface area contributed by atoms with E-state index in [1.54, 1.807) is 6.07 Å². The summed E-state index contributed by atoms with van der Waals surface area (Å²) in [4.78, 5) is 14.7. The van der Waals surface area contributed by atoms with Gasteiger partial charge in [0.2, 0.25) is 0 Å². The SMILES string of the molecule is C[C@H]1CCCN(Cc2cc3c4c(ccc(C#N)c4c2)NC3=O)C1. The topological polar surface area (TPSA) is 56.1 Å². The van der Waals surface area contributed by atoms with Gasteiger partial charge in [-0.2, -0.15) is 5.26 Å². The number of carbonyl (C=O) groups is 1. The molecule has 0 aromatic heterocycles. The molecule has 0 bridgehead atoms. The molecule has 116 valence electrons. The van der Waals surface area contributed by atoms with Crippen molar-refractivity contribution >= 4 is 22.4 Å². The fourth-order valence-corrected chi connectivity index (χ4v) is 3.89. The van der Waals surface area contributed by atoms with Gasteiger partial charge in [-0.1, -0.05) is 6.92 Å². The van der Waals surface area contributed by atoms with E-state index in [0.717, 1.165) is 47.6 Å². The number of nitriles is 1. The summed E-state index contributed by atoms with van der Waals surface area (Å²) in [7, 11) is 0. The molecule has 0 saturated carbocycles. The summed E-state index contributed by atoms with van der Waals surface area (Å²) in [6.45, 7) is 5.34. The van der Waals surface area contributed by atoms with Crippen molar-refractivity contribution in [3.8, 4) is 6.07 Å². The maximum atomic E-state index is 12.2. The van der Waals surface area contributed by atoms with Gasteiger partial charge >= 0.3 is 0 Å². The number of rotatable bonds is 2. The van der Waals surface area contributed by atoms with Crippen molar-refractivity contribution < 1.29 is 4.79 Å². The number of nitrogens with one attached hydrogen (secondary N) is 1. The lowest BCUT2D eigenvalue weighted by Gasteiger charge is -2.30. The van der Waals surface area contributed by atoms with Crippen LogP contribution in [0.3, 0.4) is 0 Å². The zero-order chi connectivity index (χ0) is 16.0. The Kier molecular flexibility index (Phi) is 3.32. The lowest BCUT2D eigenvalue weighted by atomic mass is 9.96. The lowest BCUT2D eigenvalue weighted by molar-refractivity contribution is 0.103. The predicted octanol–water partition coefficient (Wildman–Crippen LogP) is 3.51. The first-order valence-electron chi connectivity index (χ1n) is 8.19. The third kappa shape index (κ3) is 2.38. The minimum atomic E-state index is -0.0612. The summed E-state index contributed by atoms with van der Waals surface area (Å²) < 4.78 is 0. The zero-order valence-corrected chi connectivity index (χ0v) is 13.2. The molecule has 2 aromatic rings. The second-order valence-corrected chi connectivity index (χ2v) is 6.78. The Morgan fingerprint density at radius 2 is 2.26 bits per heavy atom. The van der Waals surface area contributed by atoms with Gasteiger partial charge in [0.1, 0.15) is 0 Å². The molecule has 4 rings (SSSR count). The van der Waals surface area contributed by atoms with Crippen molar-refractivity contribution in [2.75, 3.05) is 18.4 Å². The fraction of sp³-hybridized carbons (Fsp3) is 0.368. The highest BCUT2D eigenvalue weighted by molar-refractivity contribution is 6.24. The molecule has 4 nitrogen and oxygen atoms in total. The monoisotopic (exact) mass is 305 g/mol. The predicted molar refractivity (Wildman–Crippen MR) is 90.3 cm³/mol. The van der Waals surface area contributed by atoms with Crippen LogP contribution < -0.4 is 5.32 Å². The number of benzene rings is 2. The van der Waals surface area contributed by atoms with E-state index in [1.807, 2.05) is 12.1 Å². The van der Waals surface area contributed by atoms with Crippen molar-refractivity contribution in [2.24, 2.45) is 5.92 Å². The van der Waals surface area contributed by atoms with Gasteiger partial charge in [0.25, 0.3) is 5.91 Å². The first-order valence-corrected chi connectivity index (χ1v) is 8.19. The molecule has 1 atom stereocenters. The Bertz CT molecular complexity index is 850. The smallest absolute Gasteiger partial charge is 0.256 e. The van der Waals surface area contributed by atoms with Gasteiger partial charge in [0.15, 0.2) is 0 Å². The highest BCUT2D eigenvalue weighted by Crippen LogP contribution is 2.36. The molecule has 0 unspecified atom stereocenters. The summed E-state index contributed by atoms with van der Waals surface area (Å²) in [5.74, 6) is 0.665. The third-order valence-electron chi connectivity index (χ3n) is 4.93. The van der Waals surface area contributed by atoms with Crippen molar-refractivity contribution in [1.82, 2.24) is 4.90 Å². The molecule has 1 N–H and O–H groups in total. The molecule has 1 fully saturated rings. The number of nitrogens with zero attached hydrogens (tertiary/aromatic N) is 2. The Hall–Kier alpha value is -2.38. The average Bonchev–Trinajstić information content (AvgIpc) is 2.85. The van der Waals surface area contributed by atoms with Crippen LogP contribution in [0.1, 0.15) is 41.3 Å². The summed E-state index contributed by atoms with van der Waals surface area (Å²) in [6.07, 6.45) is 2.53. The van der Waals surface area contributed by atoms with Crippen molar-refractivity contribution in [3.05, 3.63) is 41.0 Å². The quantitative estimate of drug-likeness (QED) is 0.923. The molecule has 0 radical (unpaired) electrons. The van der Waals surface area contributed by atoms with Crippen LogP contribution in [0.4, 0.5) is 5.69 Å². The van der Waals surface area contributed by atoms with Gasteiger partial charge in [-0.3, -0.25) is 9.69 Å². The van der Waals surface area contributed by atoms with E-state index in [1.165, 1.54) is 12.8 Å². The molecule has 0 aliphatic carbocycles. The van der Waals surface area contributed by atoms with Crippen LogP contribution >= 0.6 is 0 Å². The Morgan fingerprint density at radius 3 is 3.04 bits per heavy atom. The zero-order valence-electron chi connectivity index (χ0n) is 13.2. The molecule has 2 heterocycles. The highest BCUT2D eigenvalue weighted by atomic mass is 16.1. The second kappa shape index (κ2) is 5.36. The van der Waals surface area contributed by atoms with Crippen LogP contribution in [0, 0.1) is 17.2 Å². The van der Waals surface area contributed by atoms with Crippen LogP contribution in [-0.2, 0) is 6.54 Å². The number of hydrogen-bond donors (Lipinski definition) is 1. The van der Waals surface area contributed by atoms with E-state index >= 15 is 0 Å². The van der Waals surface area contributed by atoms with Gasteiger partial charge in [-0.05, 0) is 55.1 Å². The molecule has 23 heavy (non-hydrogen) atoms. The van der Waals surface area contributed by atoms with Gasteiger partial charge in [-0.25, -0.2) is 0 Å². The highest BCUT2D eigenvalue weighted by Gasteiger charge is 2.24. The largest absolute Gasteiger partial charge is 0.321 e. The Labute approximate surface area is 135 Å². The molecule has 2 aliphatic heterocycles. The number of amides is 1. The molecule has 2 aromatic carbocycles. The minimum Gasteiger partial charge on any atom is -0.321 e. The normalized spacial score (nSPS) is 20.5. The third-order valence-corrected chi connectivity index (χ3v) is 4.93. The van der Waals surface area contributed by atoms with Gasteiger partial charge in [0, 0.05) is 35.1 Å². The molecule has 1 saturated heterocycles. The first kappa shape index (κ1) is 14.2. The van der Waals surface area contributed by atoms with Crippen LogP contribution in [-0.4, -0.2) is 23.9 Å². The van der Waals surface area contributed by atoms with Crippen molar-refractivity contribution in [1.29, 1.82) is 5.26 Å². The average molecular weight is 305 g/mol. The van der Waals surface area contributed by atoms with Crippen molar-refractivity contribution in [3.63, 3.8) is 0 Å². The lowest BCUT2D eigenvalue weighted by Crippen LogP contribution is -2.33. The standard InChI is InChI=1S/C19H19N3O/c1-12-3-2-6-22(10-12)11-13-7-15-14(9-20)4-5-17-18(15)16(8-13)19(23)21-17/h4-5,7-8,12H,2-3,6,10-11H2,1H3,(H,21,23)/t12-/m0/s1. The Balaban J connectivity index is 1.78. The number of likely N-dealkylation sites (tertiary alicyclic amines) is 1. The van der Waals surface area contributed by atoms with E-state index in [9.17, 15) is 10.1 Å². The minimum absolute atomic E-state index is 0.0612. The number of anilines is 1. The van der Waals surface area contributed by atoms with E-state index in [-0.39, 0.29) is 5.91 Å². The van der Waals surface area contributed by atoms with Gasteiger partial charge < -0.3 is 5.32 Å². The maximum Gasteiger partial charge on any atom is 0.256 e. The summed E-state index contributed by atoms with van der Waals surface area (Å²) >= 11 is 0. The molecular weight excluding hydrogens is 286 g/mol. The van der Waals surface area contributed by atoms with E-state index < -0.39 is 0 Å². The summed E-state index contributed by atoms with van der Waals surface area (Å²) in [5.41, 5.74) is 3.27.